The van der Waals surface area contributed by atoms with E-state index in [-0.39, 0.29) is 18.1 Å². The molecule has 2 aromatic carbocycles. The first-order valence-electron chi connectivity index (χ1n) is 8.61. The molecular formula is C20H22F3N3O2. The molecule has 2 rings (SSSR count). The van der Waals surface area contributed by atoms with E-state index in [4.69, 9.17) is 0 Å². The average Bonchev–Trinajstić information content (AvgIpc) is 2.62. The van der Waals surface area contributed by atoms with Gasteiger partial charge in [-0.05, 0) is 57.3 Å². The number of anilines is 2. The van der Waals surface area contributed by atoms with Gasteiger partial charge in [-0.15, -0.1) is 0 Å². The van der Waals surface area contributed by atoms with Gasteiger partial charge in [-0.2, -0.15) is 13.2 Å². The molecule has 0 aliphatic heterocycles. The number of nitrogens with zero attached hydrogens (tertiary/aromatic N) is 1. The molecule has 28 heavy (non-hydrogen) atoms. The maximum Gasteiger partial charge on any atom is 0.416 e. The maximum absolute atomic E-state index is 12.6. The number of alkyl halides is 3. The van der Waals surface area contributed by atoms with Crippen molar-refractivity contribution in [2.75, 3.05) is 24.2 Å². The molecule has 8 heteroatoms. The first-order valence-corrected chi connectivity index (χ1v) is 8.61. The van der Waals surface area contributed by atoms with Crippen LogP contribution in [-0.2, 0) is 15.8 Å². The number of carbonyl (C=O) groups is 2. The third kappa shape index (κ3) is 6.09. The molecule has 2 amide bonds. The van der Waals surface area contributed by atoms with Crippen LogP contribution < -0.4 is 10.6 Å². The van der Waals surface area contributed by atoms with Crippen LogP contribution in [0, 0.1) is 6.92 Å². The van der Waals surface area contributed by atoms with Crippen LogP contribution >= 0.6 is 0 Å². The molecule has 0 bridgehead atoms. The molecule has 0 aliphatic carbocycles. The zero-order valence-corrected chi connectivity index (χ0v) is 15.8. The van der Waals surface area contributed by atoms with Crippen LogP contribution in [0.1, 0.15) is 18.1 Å². The van der Waals surface area contributed by atoms with E-state index < -0.39 is 23.7 Å². The number of hydrogen-bond donors (Lipinski definition) is 2. The molecule has 0 heterocycles. The molecule has 0 radical (unpaired) electrons. The lowest BCUT2D eigenvalue weighted by atomic mass is 10.2. The second-order valence-corrected chi connectivity index (χ2v) is 6.57. The number of likely N-dealkylation sites (N-methyl/N-ethyl adjacent to an activating group) is 1. The number of rotatable bonds is 6. The number of nitrogens with one attached hydrogen (secondary N) is 2. The summed E-state index contributed by atoms with van der Waals surface area (Å²) in [7, 11) is 1.62. The summed E-state index contributed by atoms with van der Waals surface area (Å²) in [5.41, 5.74) is 1.19. The Morgan fingerprint density at radius 3 is 2.00 bits per heavy atom. The van der Waals surface area contributed by atoms with Gasteiger partial charge in [0.25, 0.3) is 0 Å². The Hall–Kier alpha value is -2.87. The van der Waals surface area contributed by atoms with Crippen molar-refractivity contribution in [1.82, 2.24) is 4.90 Å². The van der Waals surface area contributed by atoms with Gasteiger partial charge in [0.1, 0.15) is 0 Å². The summed E-state index contributed by atoms with van der Waals surface area (Å²) in [4.78, 5) is 26.0. The monoisotopic (exact) mass is 393 g/mol. The highest BCUT2D eigenvalue weighted by Gasteiger charge is 2.30. The SMILES string of the molecule is Cc1ccc(NC(=O)CN(C)[C@@H](C)C(=O)Nc2ccc(C(F)(F)F)cc2)cc1. The number of halogens is 3. The van der Waals surface area contributed by atoms with E-state index >= 15 is 0 Å². The average molecular weight is 393 g/mol. The molecular weight excluding hydrogens is 371 g/mol. The molecule has 0 unspecified atom stereocenters. The topological polar surface area (TPSA) is 61.4 Å². The van der Waals surface area contributed by atoms with Crippen molar-refractivity contribution in [2.24, 2.45) is 0 Å². The van der Waals surface area contributed by atoms with Gasteiger partial charge < -0.3 is 10.6 Å². The van der Waals surface area contributed by atoms with Gasteiger partial charge in [-0.25, -0.2) is 0 Å². The zero-order valence-electron chi connectivity index (χ0n) is 15.8. The van der Waals surface area contributed by atoms with E-state index in [1.807, 2.05) is 19.1 Å². The van der Waals surface area contributed by atoms with Gasteiger partial charge in [0, 0.05) is 11.4 Å². The fourth-order valence-corrected chi connectivity index (χ4v) is 2.39. The highest BCUT2D eigenvalue weighted by atomic mass is 19.4. The second-order valence-electron chi connectivity index (χ2n) is 6.57. The van der Waals surface area contributed by atoms with Crippen LogP contribution in [0.5, 0.6) is 0 Å². The van der Waals surface area contributed by atoms with Crippen molar-refractivity contribution in [2.45, 2.75) is 26.1 Å². The van der Waals surface area contributed by atoms with Gasteiger partial charge in [0.05, 0.1) is 18.2 Å². The molecule has 2 aromatic rings. The number of hydrogen-bond acceptors (Lipinski definition) is 3. The summed E-state index contributed by atoms with van der Waals surface area (Å²) < 4.78 is 37.7. The van der Waals surface area contributed by atoms with Crippen LogP contribution in [0.25, 0.3) is 0 Å². The quantitative estimate of drug-likeness (QED) is 0.782. The van der Waals surface area contributed by atoms with Gasteiger partial charge in [-0.1, -0.05) is 17.7 Å². The van der Waals surface area contributed by atoms with Crippen molar-refractivity contribution < 1.29 is 22.8 Å². The van der Waals surface area contributed by atoms with E-state index in [1.54, 1.807) is 31.0 Å². The summed E-state index contributed by atoms with van der Waals surface area (Å²) in [6, 6.07) is 10.8. The lowest BCUT2D eigenvalue weighted by Crippen LogP contribution is -2.43. The minimum absolute atomic E-state index is 0.0184. The van der Waals surface area contributed by atoms with Crippen LogP contribution in [0.3, 0.4) is 0 Å². The summed E-state index contributed by atoms with van der Waals surface area (Å²) in [6.45, 7) is 3.53. The smallest absolute Gasteiger partial charge is 0.325 e. The van der Waals surface area contributed by atoms with Gasteiger partial charge in [0.2, 0.25) is 11.8 Å². The Balaban J connectivity index is 1.89. The molecule has 1 atom stereocenters. The van der Waals surface area contributed by atoms with Crippen LogP contribution in [-0.4, -0.2) is 36.3 Å². The molecule has 0 saturated carbocycles. The third-order valence-electron chi connectivity index (χ3n) is 4.25. The van der Waals surface area contributed by atoms with Crippen LogP contribution in [0.2, 0.25) is 0 Å². The Labute approximate surface area is 161 Å². The van der Waals surface area contributed by atoms with Crippen LogP contribution in [0.15, 0.2) is 48.5 Å². The summed E-state index contributed by atoms with van der Waals surface area (Å²) in [5, 5.41) is 5.30. The van der Waals surface area contributed by atoms with E-state index in [1.165, 1.54) is 12.1 Å². The molecule has 0 aromatic heterocycles. The standard InChI is InChI=1S/C20H22F3N3O2/c1-13-4-8-16(9-5-13)24-18(27)12-26(3)14(2)19(28)25-17-10-6-15(7-11-17)20(21,22)23/h4-11,14H,12H2,1-3H3,(H,24,27)(H,25,28)/t14-/m0/s1. The molecule has 0 aliphatic rings. The Morgan fingerprint density at radius 1 is 0.964 bits per heavy atom. The normalized spacial score (nSPS) is 12.5. The van der Waals surface area contributed by atoms with Crippen molar-refractivity contribution in [1.29, 1.82) is 0 Å². The number of amides is 2. The van der Waals surface area contributed by atoms with E-state index in [9.17, 15) is 22.8 Å². The summed E-state index contributed by atoms with van der Waals surface area (Å²) >= 11 is 0. The van der Waals surface area contributed by atoms with Crippen molar-refractivity contribution in [3.05, 3.63) is 59.7 Å². The highest BCUT2D eigenvalue weighted by Crippen LogP contribution is 2.29. The highest BCUT2D eigenvalue weighted by molar-refractivity contribution is 5.96. The zero-order chi connectivity index (χ0) is 20.9. The number of aryl methyl sites for hydroxylation is 1. The Kier molecular flexibility index (Phi) is 6.80. The Morgan fingerprint density at radius 2 is 1.46 bits per heavy atom. The predicted octanol–water partition coefficient (Wildman–Crippen LogP) is 3.91. The first kappa shape index (κ1) is 21.4. The fraction of sp³-hybridized carbons (Fsp3) is 0.300. The largest absolute Gasteiger partial charge is 0.416 e. The van der Waals surface area contributed by atoms with Crippen molar-refractivity contribution >= 4 is 23.2 Å². The first-order chi connectivity index (χ1) is 13.1. The molecule has 0 fully saturated rings. The molecule has 150 valence electrons. The summed E-state index contributed by atoms with van der Waals surface area (Å²) in [6.07, 6.45) is -4.43. The lowest BCUT2D eigenvalue weighted by Gasteiger charge is -2.23. The number of benzene rings is 2. The fourth-order valence-electron chi connectivity index (χ4n) is 2.39. The molecule has 0 saturated heterocycles. The van der Waals surface area contributed by atoms with Crippen molar-refractivity contribution in [3.63, 3.8) is 0 Å². The van der Waals surface area contributed by atoms with Crippen LogP contribution in [0.4, 0.5) is 24.5 Å². The van der Waals surface area contributed by atoms with E-state index in [0.717, 1.165) is 17.7 Å². The van der Waals surface area contributed by atoms with E-state index in [0.29, 0.717) is 5.69 Å². The molecule has 0 spiro atoms. The maximum atomic E-state index is 12.6. The van der Waals surface area contributed by atoms with Gasteiger partial charge >= 0.3 is 6.18 Å². The molecule has 5 nitrogen and oxygen atoms in total. The third-order valence-corrected chi connectivity index (χ3v) is 4.25. The van der Waals surface area contributed by atoms with Gasteiger partial charge in [-0.3, -0.25) is 14.5 Å². The van der Waals surface area contributed by atoms with E-state index in [2.05, 4.69) is 10.6 Å². The lowest BCUT2D eigenvalue weighted by molar-refractivity contribution is -0.137. The van der Waals surface area contributed by atoms with Gasteiger partial charge in [0.15, 0.2) is 0 Å². The number of carbonyl (C=O) groups excluding carboxylic acids is 2. The molecule has 2 N–H and O–H groups in total. The second kappa shape index (κ2) is 8.88. The Bertz CT molecular complexity index is 818. The van der Waals surface area contributed by atoms with Crippen molar-refractivity contribution in [3.8, 4) is 0 Å². The minimum atomic E-state index is -4.43. The minimum Gasteiger partial charge on any atom is -0.325 e. The summed E-state index contributed by atoms with van der Waals surface area (Å²) in [5.74, 6) is -0.703. The predicted molar refractivity (Wildman–Crippen MR) is 102 cm³/mol.